The van der Waals surface area contributed by atoms with Crippen LogP contribution in [0.1, 0.15) is 39.5 Å². The summed E-state index contributed by atoms with van der Waals surface area (Å²) in [6.45, 7) is 4.08. The molecule has 1 aliphatic heterocycles. The fourth-order valence-corrected chi connectivity index (χ4v) is 4.12. The van der Waals surface area contributed by atoms with Crippen LogP contribution in [0.5, 0.6) is 0 Å². The van der Waals surface area contributed by atoms with Gasteiger partial charge in [-0.3, -0.25) is 0 Å². The van der Waals surface area contributed by atoms with Crippen molar-refractivity contribution < 1.29 is 13.2 Å². The van der Waals surface area contributed by atoms with Crippen molar-refractivity contribution in [3.05, 3.63) is 0 Å². The Labute approximate surface area is 105 Å². The molecule has 2 unspecified atom stereocenters. The number of hydrogen-bond acceptors (Lipinski definition) is 4. The lowest BCUT2D eigenvalue weighted by atomic mass is 9.93. The highest BCUT2D eigenvalue weighted by Crippen LogP contribution is 2.25. The van der Waals surface area contributed by atoms with Crippen molar-refractivity contribution in [2.45, 2.75) is 51.2 Å². The Balaban J connectivity index is 2.29. The summed E-state index contributed by atoms with van der Waals surface area (Å²) in [5.74, 6) is 0.933. The second-order valence-corrected chi connectivity index (χ2v) is 8.00. The van der Waals surface area contributed by atoms with Gasteiger partial charge >= 0.3 is 0 Å². The Morgan fingerprint density at radius 3 is 2.59 bits per heavy atom. The van der Waals surface area contributed by atoms with Gasteiger partial charge in [-0.25, -0.2) is 8.42 Å². The Hall–Kier alpha value is -0.130. The highest BCUT2D eigenvalue weighted by molar-refractivity contribution is 7.91. The molecule has 1 saturated heterocycles. The molecule has 4 nitrogen and oxygen atoms in total. The van der Waals surface area contributed by atoms with Crippen LogP contribution in [0.15, 0.2) is 0 Å². The summed E-state index contributed by atoms with van der Waals surface area (Å²) in [6.07, 6.45) is 3.39. The zero-order valence-electron chi connectivity index (χ0n) is 11.1. The third kappa shape index (κ3) is 5.36. The molecule has 102 valence electrons. The lowest BCUT2D eigenvalue weighted by Gasteiger charge is -2.25. The molecule has 5 heteroatoms. The van der Waals surface area contributed by atoms with Crippen LogP contribution >= 0.6 is 0 Å². The third-order valence-electron chi connectivity index (χ3n) is 3.63. The van der Waals surface area contributed by atoms with Crippen molar-refractivity contribution in [2.24, 2.45) is 11.7 Å². The predicted molar refractivity (Wildman–Crippen MR) is 69.7 cm³/mol. The Morgan fingerprint density at radius 2 is 2.12 bits per heavy atom. The Bertz CT molecular complexity index is 338. The number of nitrogens with two attached hydrogens (primary N) is 1. The van der Waals surface area contributed by atoms with Crippen molar-refractivity contribution in [3.63, 3.8) is 0 Å². The first kappa shape index (κ1) is 14.9. The number of sulfone groups is 1. The second kappa shape index (κ2) is 5.67. The molecule has 0 spiro atoms. The standard InChI is InChI=1S/C12H25NO3S/c1-12(2,16-3)6-4-11(13)8-10-5-7-17(14,15)9-10/h10-11H,4-9,13H2,1-3H3. The summed E-state index contributed by atoms with van der Waals surface area (Å²) >= 11 is 0. The summed E-state index contributed by atoms with van der Waals surface area (Å²) < 4.78 is 28.0. The molecule has 0 saturated carbocycles. The average molecular weight is 263 g/mol. The van der Waals surface area contributed by atoms with Gasteiger partial charge in [-0.05, 0) is 45.4 Å². The highest BCUT2D eigenvalue weighted by atomic mass is 32.2. The van der Waals surface area contributed by atoms with Crippen molar-refractivity contribution in [1.82, 2.24) is 0 Å². The normalized spacial score (nSPS) is 26.0. The van der Waals surface area contributed by atoms with E-state index in [4.69, 9.17) is 10.5 Å². The summed E-state index contributed by atoms with van der Waals surface area (Å²) in [5, 5.41) is 0. The third-order valence-corrected chi connectivity index (χ3v) is 5.47. The van der Waals surface area contributed by atoms with Crippen LogP contribution in [-0.2, 0) is 14.6 Å². The van der Waals surface area contributed by atoms with Gasteiger partial charge in [0.15, 0.2) is 9.84 Å². The molecule has 1 heterocycles. The summed E-state index contributed by atoms with van der Waals surface area (Å²) in [6, 6.07) is 0.0859. The van der Waals surface area contributed by atoms with Crippen LogP contribution in [0.4, 0.5) is 0 Å². The largest absolute Gasteiger partial charge is 0.379 e. The van der Waals surface area contributed by atoms with Crippen LogP contribution in [0.2, 0.25) is 0 Å². The molecule has 0 aromatic carbocycles. The Kier molecular flexibility index (Phi) is 4.98. The van der Waals surface area contributed by atoms with E-state index in [1.54, 1.807) is 7.11 Å². The van der Waals surface area contributed by atoms with Gasteiger partial charge < -0.3 is 10.5 Å². The molecule has 1 aliphatic rings. The van der Waals surface area contributed by atoms with Crippen molar-refractivity contribution >= 4 is 9.84 Å². The highest BCUT2D eigenvalue weighted by Gasteiger charge is 2.29. The van der Waals surface area contributed by atoms with Crippen molar-refractivity contribution in [2.75, 3.05) is 18.6 Å². The molecule has 0 aromatic heterocycles. The second-order valence-electron chi connectivity index (χ2n) is 5.77. The molecule has 0 aliphatic carbocycles. The van der Waals surface area contributed by atoms with E-state index in [1.165, 1.54) is 0 Å². The van der Waals surface area contributed by atoms with E-state index in [9.17, 15) is 8.42 Å². The van der Waals surface area contributed by atoms with Gasteiger partial charge in [0.25, 0.3) is 0 Å². The van der Waals surface area contributed by atoms with E-state index in [2.05, 4.69) is 0 Å². The smallest absolute Gasteiger partial charge is 0.150 e. The summed E-state index contributed by atoms with van der Waals surface area (Å²) in [7, 11) is -1.07. The summed E-state index contributed by atoms with van der Waals surface area (Å²) in [5.41, 5.74) is 5.91. The van der Waals surface area contributed by atoms with Crippen molar-refractivity contribution in [3.8, 4) is 0 Å². The molecule has 0 aromatic rings. The van der Waals surface area contributed by atoms with Gasteiger partial charge in [0.2, 0.25) is 0 Å². The van der Waals surface area contributed by atoms with Crippen LogP contribution in [0.25, 0.3) is 0 Å². The van der Waals surface area contributed by atoms with E-state index < -0.39 is 9.84 Å². The lowest BCUT2D eigenvalue weighted by molar-refractivity contribution is 0.0121. The van der Waals surface area contributed by atoms with E-state index in [0.29, 0.717) is 11.5 Å². The Morgan fingerprint density at radius 1 is 1.47 bits per heavy atom. The van der Waals surface area contributed by atoms with Crippen molar-refractivity contribution in [1.29, 1.82) is 0 Å². The first-order valence-corrected chi connectivity index (χ1v) is 8.07. The summed E-state index contributed by atoms with van der Waals surface area (Å²) in [4.78, 5) is 0. The van der Waals surface area contributed by atoms with Crippen LogP contribution in [0.3, 0.4) is 0 Å². The van der Waals surface area contributed by atoms with Gasteiger partial charge in [-0.2, -0.15) is 0 Å². The van der Waals surface area contributed by atoms with Gasteiger partial charge in [-0.15, -0.1) is 0 Å². The molecule has 1 rings (SSSR count). The van der Waals surface area contributed by atoms with Gasteiger partial charge in [0, 0.05) is 13.2 Å². The van der Waals surface area contributed by atoms with Crippen LogP contribution < -0.4 is 5.73 Å². The van der Waals surface area contributed by atoms with E-state index in [0.717, 1.165) is 25.7 Å². The maximum absolute atomic E-state index is 11.3. The fraction of sp³-hybridized carbons (Fsp3) is 1.00. The molecule has 0 bridgehead atoms. The van der Waals surface area contributed by atoms with Gasteiger partial charge in [0.05, 0.1) is 17.1 Å². The predicted octanol–water partition coefficient (Wildman–Crippen LogP) is 1.34. The molecule has 17 heavy (non-hydrogen) atoms. The molecule has 2 N–H and O–H groups in total. The van der Waals surface area contributed by atoms with Crippen LogP contribution in [-0.4, -0.2) is 38.7 Å². The number of methoxy groups -OCH3 is 1. The quantitative estimate of drug-likeness (QED) is 0.785. The fourth-order valence-electron chi connectivity index (χ4n) is 2.24. The molecular weight excluding hydrogens is 238 g/mol. The molecule has 0 radical (unpaired) electrons. The number of hydrogen-bond donors (Lipinski definition) is 1. The maximum Gasteiger partial charge on any atom is 0.150 e. The van der Waals surface area contributed by atoms with Gasteiger partial charge in [0.1, 0.15) is 0 Å². The average Bonchev–Trinajstić information content (AvgIpc) is 2.55. The molecule has 1 fully saturated rings. The maximum atomic E-state index is 11.3. The SMILES string of the molecule is COC(C)(C)CCC(N)CC1CCS(=O)(=O)C1. The van der Waals surface area contributed by atoms with Gasteiger partial charge in [-0.1, -0.05) is 0 Å². The van der Waals surface area contributed by atoms with E-state index in [-0.39, 0.29) is 17.6 Å². The first-order chi connectivity index (χ1) is 7.74. The molecule has 2 atom stereocenters. The monoisotopic (exact) mass is 263 g/mol. The molecule has 0 amide bonds. The minimum atomic E-state index is -2.77. The zero-order valence-corrected chi connectivity index (χ0v) is 11.9. The minimum absolute atomic E-state index is 0.0859. The lowest BCUT2D eigenvalue weighted by Crippen LogP contribution is -2.29. The number of ether oxygens (including phenoxy) is 1. The number of rotatable bonds is 6. The topological polar surface area (TPSA) is 69.4 Å². The van der Waals surface area contributed by atoms with E-state index in [1.807, 2.05) is 13.8 Å². The van der Waals surface area contributed by atoms with Crippen LogP contribution in [0, 0.1) is 5.92 Å². The molecular formula is C12H25NO3S. The first-order valence-electron chi connectivity index (χ1n) is 6.25. The zero-order chi connectivity index (χ0) is 13.1. The minimum Gasteiger partial charge on any atom is -0.379 e. The van der Waals surface area contributed by atoms with E-state index >= 15 is 0 Å².